The monoisotopic (exact) mass is 378 g/mol. The zero-order valence-corrected chi connectivity index (χ0v) is 14.6. The van der Waals surface area contributed by atoms with Crippen LogP contribution < -0.4 is 4.74 Å². The SMILES string of the molecule is Cc1ccc(Oc2ccc([C@](C)(O)Cn3cncn3)c(C(F)(F)F)n2)cc1. The molecule has 0 amide bonds. The van der Waals surface area contributed by atoms with Crippen molar-refractivity contribution in [3.8, 4) is 11.6 Å². The van der Waals surface area contributed by atoms with Gasteiger partial charge in [0.25, 0.3) is 0 Å². The van der Waals surface area contributed by atoms with Gasteiger partial charge in [-0.15, -0.1) is 0 Å². The third-order valence-corrected chi connectivity index (χ3v) is 3.90. The van der Waals surface area contributed by atoms with Crippen LogP contribution >= 0.6 is 0 Å². The third-order valence-electron chi connectivity index (χ3n) is 3.90. The molecule has 0 spiro atoms. The predicted octanol–water partition coefficient (Wildman–Crippen LogP) is 3.70. The number of ether oxygens (including phenoxy) is 1. The van der Waals surface area contributed by atoms with Crippen LogP contribution in [0.25, 0.3) is 0 Å². The highest BCUT2D eigenvalue weighted by Crippen LogP contribution is 2.37. The Labute approximate surface area is 153 Å². The molecule has 0 bridgehead atoms. The largest absolute Gasteiger partial charge is 0.439 e. The van der Waals surface area contributed by atoms with Gasteiger partial charge in [0.2, 0.25) is 5.88 Å². The Balaban J connectivity index is 1.95. The highest BCUT2D eigenvalue weighted by atomic mass is 19.4. The van der Waals surface area contributed by atoms with Gasteiger partial charge in [-0.3, -0.25) is 0 Å². The number of nitrogens with zero attached hydrogens (tertiary/aromatic N) is 4. The molecule has 142 valence electrons. The number of hydrogen-bond acceptors (Lipinski definition) is 5. The fraction of sp³-hybridized carbons (Fsp3) is 0.278. The molecule has 0 saturated carbocycles. The summed E-state index contributed by atoms with van der Waals surface area (Å²) in [6.45, 7) is 2.94. The molecule has 3 rings (SSSR count). The van der Waals surface area contributed by atoms with Crippen LogP contribution in [0.2, 0.25) is 0 Å². The Hall–Kier alpha value is -2.94. The lowest BCUT2D eigenvalue weighted by Gasteiger charge is -2.26. The molecule has 0 saturated heterocycles. The van der Waals surface area contributed by atoms with Crippen molar-refractivity contribution in [3.63, 3.8) is 0 Å². The summed E-state index contributed by atoms with van der Waals surface area (Å²) in [5.41, 5.74) is -2.46. The minimum absolute atomic E-state index is 0.212. The maximum Gasteiger partial charge on any atom is 0.433 e. The molecule has 3 aromatic rings. The van der Waals surface area contributed by atoms with E-state index in [1.807, 2.05) is 6.92 Å². The van der Waals surface area contributed by atoms with E-state index in [0.717, 1.165) is 11.6 Å². The van der Waals surface area contributed by atoms with Crippen molar-refractivity contribution >= 4 is 0 Å². The van der Waals surface area contributed by atoms with Crippen molar-refractivity contribution in [3.05, 3.63) is 65.9 Å². The van der Waals surface area contributed by atoms with Crippen LogP contribution in [0.5, 0.6) is 11.6 Å². The summed E-state index contributed by atoms with van der Waals surface area (Å²) in [5.74, 6) is 0.148. The van der Waals surface area contributed by atoms with Crippen molar-refractivity contribution in [1.82, 2.24) is 19.7 Å². The molecular weight excluding hydrogens is 361 g/mol. The van der Waals surface area contributed by atoms with Crippen molar-refractivity contribution in [2.45, 2.75) is 32.2 Å². The van der Waals surface area contributed by atoms with Crippen molar-refractivity contribution in [2.24, 2.45) is 0 Å². The summed E-state index contributed by atoms with van der Waals surface area (Å²) < 4.78 is 47.4. The number of pyridine rings is 1. The Morgan fingerprint density at radius 2 is 1.81 bits per heavy atom. The second kappa shape index (κ2) is 6.99. The molecule has 0 aliphatic heterocycles. The predicted molar refractivity (Wildman–Crippen MR) is 90.1 cm³/mol. The lowest BCUT2D eigenvalue weighted by molar-refractivity contribution is -0.144. The van der Waals surface area contributed by atoms with Gasteiger partial charge in [-0.1, -0.05) is 17.7 Å². The highest BCUT2D eigenvalue weighted by molar-refractivity contribution is 5.35. The molecule has 0 radical (unpaired) electrons. The van der Waals surface area contributed by atoms with E-state index in [1.54, 1.807) is 24.3 Å². The molecule has 27 heavy (non-hydrogen) atoms. The summed E-state index contributed by atoms with van der Waals surface area (Å²) in [6, 6.07) is 9.28. The molecule has 2 aromatic heterocycles. The number of aromatic nitrogens is 4. The van der Waals surface area contributed by atoms with Crippen LogP contribution in [-0.4, -0.2) is 24.9 Å². The van der Waals surface area contributed by atoms with Gasteiger partial charge < -0.3 is 9.84 Å². The molecular formula is C18H17F3N4O2. The number of aliphatic hydroxyl groups is 1. The molecule has 2 heterocycles. The summed E-state index contributed by atoms with van der Waals surface area (Å²) in [7, 11) is 0. The van der Waals surface area contributed by atoms with Crippen LogP contribution in [0.3, 0.4) is 0 Å². The van der Waals surface area contributed by atoms with E-state index in [2.05, 4.69) is 15.1 Å². The third kappa shape index (κ3) is 4.43. The minimum Gasteiger partial charge on any atom is -0.439 e. The topological polar surface area (TPSA) is 73.1 Å². The van der Waals surface area contributed by atoms with Gasteiger partial charge in [0.1, 0.15) is 24.0 Å². The first-order valence-electron chi connectivity index (χ1n) is 8.03. The maximum absolute atomic E-state index is 13.6. The fourth-order valence-corrected chi connectivity index (χ4v) is 2.59. The lowest BCUT2D eigenvalue weighted by atomic mass is 9.94. The van der Waals surface area contributed by atoms with Crippen LogP contribution in [0.4, 0.5) is 13.2 Å². The summed E-state index contributed by atoms with van der Waals surface area (Å²) in [6.07, 6.45) is -2.23. The van der Waals surface area contributed by atoms with Gasteiger partial charge in [0.05, 0.1) is 6.54 Å². The smallest absolute Gasteiger partial charge is 0.433 e. The van der Waals surface area contributed by atoms with E-state index >= 15 is 0 Å². The Morgan fingerprint density at radius 3 is 2.41 bits per heavy atom. The van der Waals surface area contributed by atoms with E-state index in [9.17, 15) is 18.3 Å². The number of benzene rings is 1. The van der Waals surface area contributed by atoms with E-state index < -0.39 is 17.5 Å². The molecule has 6 nitrogen and oxygen atoms in total. The fourth-order valence-electron chi connectivity index (χ4n) is 2.59. The van der Waals surface area contributed by atoms with Crippen molar-refractivity contribution < 1.29 is 23.0 Å². The molecule has 0 fully saturated rings. The first-order valence-corrected chi connectivity index (χ1v) is 8.03. The minimum atomic E-state index is -4.77. The summed E-state index contributed by atoms with van der Waals surface area (Å²) in [4.78, 5) is 7.33. The summed E-state index contributed by atoms with van der Waals surface area (Å²) in [5, 5.41) is 14.5. The number of aryl methyl sites for hydroxylation is 1. The molecule has 1 atom stereocenters. The first-order chi connectivity index (χ1) is 12.6. The molecule has 1 N–H and O–H groups in total. The normalized spacial score (nSPS) is 14.0. The van der Waals surface area contributed by atoms with Crippen LogP contribution in [0, 0.1) is 6.92 Å². The Morgan fingerprint density at radius 1 is 1.11 bits per heavy atom. The molecule has 0 unspecified atom stereocenters. The zero-order valence-electron chi connectivity index (χ0n) is 14.6. The summed E-state index contributed by atoms with van der Waals surface area (Å²) >= 11 is 0. The van der Waals surface area contributed by atoms with E-state index in [0.29, 0.717) is 5.75 Å². The van der Waals surface area contributed by atoms with Gasteiger partial charge in [-0.2, -0.15) is 18.3 Å². The second-order valence-electron chi connectivity index (χ2n) is 6.33. The average molecular weight is 378 g/mol. The Bertz CT molecular complexity index is 907. The highest BCUT2D eigenvalue weighted by Gasteiger charge is 2.41. The first kappa shape index (κ1) is 18.8. The van der Waals surface area contributed by atoms with E-state index in [-0.39, 0.29) is 18.0 Å². The second-order valence-corrected chi connectivity index (χ2v) is 6.33. The number of rotatable bonds is 5. The van der Waals surface area contributed by atoms with Crippen LogP contribution in [0.15, 0.2) is 49.1 Å². The quantitative estimate of drug-likeness (QED) is 0.733. The van der Waals surface area contributed by atoms with Gasteiger partial charge in [0.15, 0.2) is 5.69 Å². The molecule has 0 aliphatic rings. The van der Waals surface area contributed by atoms with Gasteiger partial charge in [-0.25, -0.2) is 14.6 Å². The Kier molecular flexibility index (Phi) is 4.88. The molecule has 0 aliphatic carbocycles. The van der Waals surface area contributed by atoms with Crippen molar-refractivity contribution in [1.29, 1.82) is 0 Å². The van der Waals surface area contributed by atoms with E-state index in [4.69, 9.17) is 4.74 Å². The van der Waals surface area contributed by atoms with E-state index in [1.165, 1.54) is 30.3 Å². The number of halogens is 3. The van der Waals surface area contributed by atoms with Gasteiger partial charge in [-0.05, 0) is 32.0 Å². The number of hydrogen-bond donors (Lipinski definition) is 1. The number of alkyl halides is 3. The molecule has 9 heteroatoms. The van der Waals surface area contributed by atoms with Crippen LogP contribution in [0.1, 0.15) is 23.7 Å². The van der Waals surface area contributed by atoms with Gasteiger partial charge >= 0.3 is 6.18 Å². The zero-order chi connectivity index (χ0) is 19.7. The standard InChI is InChI=1S/C18H17F3N4O2/c1-12-3-5-13(6-4-12)27-15-8-7-14(16(24-15)18(19,20)21)17(2,26)9-25-11-22-10-23-25/h3-8,10-11,26H,9H2,1-2H3/t17-/m1/s1. The van der Waals surface area contributed by atoms with Gasteiger partial charge in [0, 0.05) is 11.6 Å². The maximum atomic E-state index is 13.6. The van der Waals surface area contributed by atoms with Crippen molar-refractivity contribution in [2.75, 3.05) is 0 Å². The lowest BCUT2D eigenvalue weighted by Crippen LogP contribution is -2.31. The average Bonchev–Trinajstić information content (AvgIpc) is 3.08. The molecule has 1 aromatic carbocycles. The van der Waals surface area contributed by atoms with Crippen LogP contribution in [-0.2, 0) is 18.3 Å².